The van der Waals surface area contributed by atoms with Crippen molar-refractivity contribution in [3.63, 3.8) is 0 Å². The third kappa shape index (κ3) is 4.19. The molecule has 1 aliphatic heterocycles. The van der Waals surface area contributed by atoms with Crippen LogP contribution in [0.3, 0.4) is 0 Å². The fourth-order valence-electron chi connectivity index (χ4n) is 3.84. The highest BCUT2D eigenvalue weighted by Crippen LogP contribution is 2.38. The lowest BCUT2D eigenvalue weighted by Crippen LogP contribution is -2.47. The van der Waals surface area contributed by atoms with Crippen LogP contribution in [0.5, 0.6) is 0 Å². The van der Waals surface area contributed by atoms with Crippen molar-refractivity contribution < 1.29 is 4.74 Å². The molecule has 1 saturated heterocycles. The molecule has 118 valence electrons. The molecule has 1 N–H and O–H groups in total. The molecule has 0 amide bonds. The molecule has 0 aromatic heterocycles. The topological polar surface area (TPSA) is 24.5 Å². The van der Waals surface area contributed by atoms with Crippen LogP contribution in [0.1, 0.15) is 52.9 Å². The van der Waals surface area contributed by atoms with E-state index in [2.05, 4.69) is 38.0 Å². The largest absolute Gasteiger partial charge is 0.381 e. The lowest BCUT2D eigenvalue weighted by atomic mass is 9.75. The Balaban J connectivity index is 1.87. The average Bonchev–Trinajstić information content (AvgIpc) is 2.85. The minimum absolute atomic E-state index is 0.345. The van der Waals surface area contributed by atoms with Gasteiger partial charge >= 0.3 is 0 Å². The van der Waals surface area contributed by atoms with Crippen LogP contribution in [-0.4, -0.2) is 50.8 Å². The van der Waals surface area contributed by atoms with E-state index in [0.717, 1.165) is 32.3 Å². The maximum absolute atomic E-state index is 5.71. The molecule has 1 aliphatic carbocycles. The molecule has 1 heterocycles. The summed E-state index contributed by atoms with van der Waals surface area (Å²) < 4.78 is 5.71. The van der Waals surface area contributed by atoms with Crippen molar-refractivity contribution in [1.29, 1.82) is 0 Å². The average molecular weight is 282 g/mol. The number of nitrogens with zero attached hydrogens (tertiary/aromatic N) is 1. The molecule has 2 aliphatic rings. The van der Waals surface area contributed by atoms with Gasteiger partial charge in [-0.05, 0) is 51.1 Å². The summed E-state index contributed by atoms with van der Waals surface area (Å²) in [5.74, 6) is 0. The molecule has 0 bridgehead atoms. The fraction of sp³-hybridized carbons (Fsp3) is 1.00. The number of ether oxygens (including phenoxy) is 1. The molecule has 2 fully saturated rings. The standard InChI is InChI=1S/C17H34N2O/c1-5-18-12-17(10-11-20-14-17)13-19(4)15-6-8-16(2,3)9-7-15/h15,18H,5-14H2,1-4H3. The van der Waals surface area contributed by atoms with Gasteiger partial charge in [0.25, 0.3) is 0 Å². The molecule has 0 radical (unpaired) electrons. The van der Waals surface area contributed by atoms with E-state index >= 15 is 0 Å². The van der Waals surface area contributed by atoms with Gasteiger partial charge in [0, 0.05) is 31.2 Å². The first-order valence-electron chi connectivity index (χ1n) is 8.45. The summed E-state index contributed by atoms with van der Waals surface area (Å²) in [4.78, 5) is 2.63. The summed E-state index contributed by atoms with van der Waals surface area (Å²) in [5.41, 5.74) is 0.910. The van der Waals surface area contributed by atoms with Gasteiger partial charge < -0.3 is 15.0 Å². The fourth-order valence-corrected chi connectivity index (χ4v) is 3.84. The van der Waals surface area contributed by atoms with E-state index in [1.165, 1.54) is 38.6 Å². The first-order chi connectivity index (χ1) is 9.46. The van der Waals surface area contributed by atoms with Crippen molar-refractivity contribution in [2.75, 3.05) is 39.9 Å². The maximum atomic E-state index is 5.71. The normalized spacial score (nSPS) is 31.1. The first-order valence-corrected chi connectivity index (χ1v) is 8.45. The van der Waals surface area contributed by atoms with Crippen LogP contribution in [0.15, 0.2) is 0 Å². The van der Waals surface area contributed by atoms with Crippen molar-refractivity contribution in [2.45, 2.75) is 58.9 Å². The van der Waals surface area contributed by atoms with Gasteiger partial charge in [-0.3, -0.25) is 0 Å². The molecule has 0 aromatic carbocycles. The van der Waals surface area contributed by atoms with Crippen LogP contribution < -0.4 is 5.32 Å². The molecule has 0 spiro atoms. The number of hydrogen-bond donors (Lipinski definition) is 1. The van der Waals surface area contributed by atoms with Gasteiger partial charge in [-0.2, -0.15) is 0 Å². The lowest BCUT2D eigenvalue weighted by molar-refractivity contribution is 0.0711. The van der Waals surface area contributed by atoms with Gasteiger partial charge in [0.1, 0.15) is 0 Å². The maximum Gasteiger partial charge on any atom is 0.0547 e. The van der Waals surface area contributed by atoms with Gasteiger partial charge in [-0.15, -0.1) is 0 Å². The van der Waals surface area contributed by atoms with Crippen LogP contribution in [0.25, 0.3) is 0 Å². The van der Waals surface area contributed by atoms with E-state index in [1.54, 1.807) is 0 Å². The second kappa shape index (κ2) is 6.76. The molecular formula is C17H34N2O. The summed E-state index contributed by atoms with van der Waals surface area (Å²) in [5, 5.41) is 3.55. The summed E-state index contributed by atoms with van der Waals surface area (Å²) in [7, 11) is 2.33. The monoisotopic (exact) mass is 282 g/mol. The van der Waals surface area contributed by atoms with Crippen LogP contribution >= 0.6 is 0 Å². The Morgan fingerprint density at radius 1 is 1.20 bits per heavy atom. The van der Waals surface area contributed by atoms with Gasteiger partial charge in [0.05, 0.1) is 6.61 Å². The zero-order valence-electron chi connectivity index (χ0n) is 14.0. The minimum Gasteiger partial charge on any atom is -0.381 e. The second-order valence-electron chi connectivity index (χ2n) is 7.89. The summed E-state index contributed by atoms with van der Waals surface area (Å²) in [6, 6.07) is 0.780. The van der Waals surface area contributed by atoms with E-state index in [-0.39, 0.29) is 0 Å². The molecule has 0 aromatic rings. The Morgan fingerprint density at radius 2 is 1.90 bits per heavy atom. The number of rotatable bonds is 6. The molecular weight excluding hydrogens is 248 g/mol. The van der Waals surface area contributed by atoms with Gasteiger partial charge in [0.2, 0.25) is 0 Å². The highest BCUT2D eigenvalue weighted by Gasteiger charge is 2.38. The molecule has 1 unspecified atom stereocenters. The lowest BCUT2D eigenvalue weighted by Gasteiger charge is -2.42. The number of nitrogens with one attached hydrogen (secondary N) is 1. The van der Waals surface area contributed by atoms with E-state index in [9.17, 15) is 0 Å². The van der Waals surface area contributed by atoms with Gasteiger partial charge in [0.15, 0.2) is 0 Å². The van der Waals surface area contributed by atoms with Crippen molar-refractivity contribution in [1.82, 2.24) is 10.2 Å². The highest BCUT2D eigenvalue weighted by atomic mass is 16.5. The molecule has 1 saturated carbocycles. The summed E-state index contributed by atoms with van der Waals surface area (Å²) in [6.45, 7) is 12.2. The zero-order chi connectivity index (χ0) is 14.6. The Kier molecular flexibility index (Phi) is 5.49. The van der Waals surface area contributed by atoms with E-state index in [4.69, 9.17) is 4.74 Å². The predicted octanol–water partition coefficient (Wildman–Crippen LogP) is 2.90. The molecule has 3 nitrogen and oxygen atoms in total. The Hall–Kier alpha value is -0.120. The predicted molar refractivity (Wildman–Crippen MR) is 85.1 cm³/mol. The zero-order valence-corrected chi connectivity index (χ0v) is 14.0. The highest BCUT2D eigenvalue weighted by molar-refractivity contribution is 4.91. The van der Waals surface area contributed by atoms with Crippen molar-refractivity contribution in [3.05, 3.63) is 0 Å². The SMILES string of the molecule is CCNCC1(CN(C)C2CCC(C)(C)CC2)CCOC1. The van der Waals surface area contributed by atoms with Crippen LogP contribution in [0.2, 0.25) is 0 Å². The molecule has 2 rings (SSSR count). The van der Waals surface area contributed by atoms with E-state index in [0.29, 0.717) is 10.8 Å². The molecule has 1 atom stereocenters. The van der Waals surface area contributed by atoms with Crippen LogP contribution in [0, 0.1) is 10.8 Å². The Labute approximate surface area is 125 Å². The molecule has 3 heteroatoms. The van der Waals surface area contributed by atoms with E-state index in [1.807, 2.05) is 0 Å². The van der Waals surface area contributed by atoms with Crippen LogP contribution in [0.4, 0.5) is 0 Å². The quantitative estimate of drug-likeness (QED) is 0.811. The molecule has 20 heavy (non-hydrogen) atoms. The summed E-state index contributed by atoms with van der Waals surface area (Å²) >= 11 is 0. The smallest absolute Gasteiger partial charge is 0.0547 e. The second-order valence-corrected chi connectivity index (χ2v) is 7.89. The minimum atomic E-state index is 0.345. The van der Waals surface area contributed by atoms with Crippen molar-refractivity contribution >= 4 is 0 Å². The Morgan fingerprint density at radius 3 is 2.45 bits per heavy atom. The Bertz CT molecular complexity index is 287. The van der Waals surface area contributed by atoms with Crippen molar-refractivity contribution in [2.24, 2.45) is 10.8 Å². The van der Waals surface area contributed by atoms with Gasteiger partial charge in [-0.1, -0.05) is 20.8 Å². The summed E-state index contributed by atoms with van der Waals surface area (Å²) in [6.07, 6.45) is 6.68. The van der Waals surface area contributed by atoms with Gasteiger partial charge in [-0.25, -0.2) is 0 Å². The van der Waals surface area contributed by atoms with Crippen molar-refractivity contribution in [3.8, 4) is 0 Å². The van der Waals surface area contributed by atoms with E-state index < -0.39 is 0 Å². The van der Waals surface area contributed by atoms with Crippen LogP contribution in [-0.2, 0) is 4.74 Å². The third-order valence-corrected chi connectivity index (χ3v) is 5.45. The number of hydrogen-bond acceptors (Lipinski definition) is 3. The third-order valence-electron chi connectivity index (χ3n) is 5.45. The first kappa shape index (κ1) is 16.3.